The van der Waals surface area contributed by atoms with Crippen LogP contribution in [0.5, 0.6) is 0 Å². The molecule has 4 nitrogen and oxygen atoms in total. The number of hydrogen-bond donors (Lipinski definition) is 0. The van der Waals surface area contributed by atoms with Crippen LogP contribution in [0.2, 0.25) is 0 Å². The van der Waals surface area contributed by atoms with Gasteiger partial charge < -0.3 is 4.57 Å². The molecule has 0 fully saturated rings. The summed E-state index contributed by atoms with van der Waals surface area (Å²) in [6.07, 6.45) is 0. The predicted octanol–water partition coefficient (Wildman–Crippen LogP) is 14.4. The van der Waals surface area contributed by atoms with Crippen LogP contribution in [0.1, 0.15) is 39.8 Å². The smallest absolute Gasteiger partial charge is 0.164 e. The zero-order chi connectivity index (χ0) is 62.7. The molecule has 0 atom stereocenters. The van der Waals surface area contributed by atoms with Crippen LogP contribution in [0.25, 0.3) is 113 Å². The van der Waals surface area contributed by atoms with Gasteiger partial charge in [0.1, 0.15) is 0 Å². The van der Waals surface area contributed by atoms with Gasteiger partial charge in [-0.15, -0.1) is 22.7 Å². The van der Waals surface area contributed by atoms with Gasteiger partial charge in [0.15, 0.2) is 17.5 Å². The average molecular weight is 792 g/mol. The summed E-state index contributed by atoms with van der Waals surface area (Å²) < 4.78 is 261. The quantitative estimate of drug-likeness (QED) is 0.174. The van der Waals surface area contributed by atoms with Crippen molar-refractivity contribution in [3.63, 3.8) is 0 Å². The lowest BCUT2D eigenvalue weighted by Crippen LogP contribution is -2.00. The standard InChI is InChI=1S/C51H30N4S2/c1-4-15-31(16-5-1)34-27-30-40(51-53-49(32-17-6-2-7-18-32)52-50(54-51)33-19-8-3-9-20-33)44-39-23-14-25-42(46(39)57-47(34)44)55-41-24-12-10-21-35(41)37-28-29-38-36-22-11-13-26-43(36)56-48(38)45(37)55/h1-30H/i1D,2D,3D,4D,5D,6D,7D,8D,9D,10D,11D,12D,13D,14D,15D,16D,17D,18D,19D,20D,21D,22D,23D,25D,26D,27D,28D,29D,30D. The summed E-state index contributed by atoms with van der Waals surface area (Å²) >= 11 is 1.29. The largest absolute Gasteiger partial charge is 0.306 e. The van der Waals surface area contributed by atoms with Crippen molar-refractivity contribution < 1.29 is 39.8 Å². The number of benzene rings is 8. The molecular formula is C51H30N4S2. The van der Waals surface area contributed by atoms with Crippen LogP contribution in [0.15, 0.2) is 181 Å². The molecule has 0 N–H and O–H groups in total. The Hall–Kier alpha value is -6.99. The number of nitrogens with zero attached hydrogens (tertiary/aromatic N) is 4. The highest BCUT2D eigenvalue weighted by Gasteiger charge is 2.23. The van der Waals surface area contributed by atoms with Crippen LogP contribution in [-0.2, 0) is 0 Å². The van der Waals surface area contributed by atoms with Gasteiger partial charge in [0.2, 0.25) is 0 Å². The van der Waals surface area contributed by atoms with Gasteiger partial charge in [-0.05, 0) is 35.3 Å². The molecule has 0 radical (unpaired) electrons. The minimum absolute atomic E-state index is 0.0419. The summed E-state index contributed by atoms with van der Waals surface area (Å²) in [5, 5.41) is -1.77. The zero-order valence-electron chi connectivity index (χ0n) is 57.2. The van der Waals surface area contributed by atoms with Crippen molar-refractivity contribution in [2.24, 2.45) is 0 Å². The first-order chi connectivity index (χ1) is 40.3. The topological polar surface area (TPSA) is 43.6 Å². The van der Waals surface area contributed by atoms with E-state index in [4.69, 9.17) is 26.0 Å². The molecule has 0 unspecified atom stereocenters. The lowest BCUT2D eigenvalue weighted by Gasteiger charge is -2.12. The first kappa shape index (κ1) is 14.8. The molecule has 12 rings (SSSR count). The molecule has 0 spiro atoms. The number of rotatable bonds is 5. The Kier molecular flexibility index (Phi) is 3.32. The van der Waals surface area contributed by atoms with E-state index < -0.39 is 237 Å². The highest BCUT2D eigenvalue weighted by molar-refractivity contribution is 7.27. The fourth-order valence-electron chi connectivity index (χ4n) is 6.75. The average Bonchev–Trinajstić information content (AvgIpc) is 1.51. The maximum Gasteiger partial charge on any atom is 0.164 e. The Bertz CT molecular complexity index is 5070. The number of aromatic nitrogens is 4. The molecule has 57 heavy (non-hydrogen) atoms. The SMILES string of the molecule is [2H]c1cc2c(c([2H])c1[2H])c1c([2H])c([2H])c3c(sc4c([2H])c([2H])c([2H])c([2H])c43)c1n2-c1c([2H])c([2H])c([2H])c2c1sc1c(-c3c([2H])c([2H])c([2H])c([2H])c3[2H])c([2H])c([2H])c(-c3nc(-c4c([2H])c([2H])c([2H])c([2H])c4[2H])nc(-c4c([2H])c([2H])c([2H])c([2H])c4[2H])n3)c12. The van der Waals surface area contributed by atoms with Crippen molar-refractivity contribution in [3.8, 4) is 51.0 Å². The van der Waals surface area contributed by atoms with E-state index in [-0.39, 0.29) is 51.4 Å². The van der Waals surface area contributed by atoms with Crippen LogP contribution in [0.4, 0.5) is 0 Å². The second-order valence-electron chi connectivity index (χ2n) is 12.2. The van der Waals surface area contributed by atoms with E-state index in [1.807, 2.05) is 0 Å². The highest BCUT2D eigenvalue weighted by atomic mass is 32.1. The third kappa shape index (κ3) is 5.01. The van der Waals surface area contributed by atoms with Crippen molar-refractivity contribution in [2.45, 2.75) is 0 Å². The highest BCUT2D eigenvalue weighted by Crippen LogP contribution is 2.49. The van der Waals surface area contributed by atoms with Gasteiger partial charge in [-0.1, -0.05) is 157 Å². The molecule has 6 heteroatoms. The minimum Gasteiger partial charge on any atom is -0.306 e. The molecule has 0 aliphatic heterocycles. The first-order valence-corrected chi connectivity index (χ1v) is 18.3. The van der Waals surface area contributed by atoms with Gasteiger partial charge in [0, 0.05) is 58.4 Å². The maximum absolute atomic E-state index is 9.96. The summed E-state index contributed by atoms with van der Waals surface area (Å²) in [6, 6.07) is -22.4. The fourth-order valence-corrected chi connectivity index (χ4v) is 9.12. The molecule has 266 valence electrons. The Balaban J connectivity index is 1.37. The molecule has 4 aromatic heterocycles. The maximum atomic E-state index is 9.96. The van der Waals surface area contributed by atoms with Crippen LogP contribution >= 0.6 is 22.7 Å². The van der Waals surface area contributed by atoms with Crippen molar-refractivity contribution in [1.82, 2.24) is 19.5 Å². The van der Waals surface area contributed by atoms with Gasteiger partial charge in [-0.3, -0.25) is 0 Å². The van der Waals surface area contributed by atoms with Crippen molar-refractivity contribution >= 4 is 84.8 Å². The molecule has 0 aliphatic carbocycles. The third-order valence-electron chi connectivity index (χ3n) is 9.10. The minimum atomic E-state index is -0.988. The van der Waals surface area contributed by atoms with Crippen molar-refractivity contribution in [3.05, 3.63) is 181 Å². The summed E-state index contributed by atoms with van der Waals surface area (Å²) in [5.41, 5.74) is -4.24. The van der Waals surface area contributed by atoms with E-state index in [1.165, 1.54) is 4.57 Å². The molecule has 8 aromatic carbocycles. The van der Waals surface area contributed by atoms with Crippen LogP contribution in [0.3, 0.4) is 0 Å². The molecule has 0 amide bonds. The van der Waals surface area contributed by atoms with Crippen LogP contribution in [0, 0.1) is 0 Å². The summed E-state index contributed by atoms with van der Waals surface area (Å²) in [4.78, 5) is 13.4. The third-order valence-corrected chi connectivity index (χ3v) is 11.4. The van der Waals surface area contributed by atoms with E-state index in [9.17, 15) is 13.7 Å². The van der Waals surface area contributed by atoms with Gasteiger partial charge in [-0.25, -0.2) is 15.0 Å². The predicted molar refractivity (Wildman–Crippen MR) is 242 cm³/mol. The molecule has 0 bridgehead atoms. The van der Waals surface area contributed by atoms with E-state index in [0.717, 1.165) is 17.4 Å². The lowest BCUT2D eigenvalue weighted by molar-refractivity contribution is 1.08. The second-order valence-corrected chi connectivity index (χ2v) is 14.2. The van der Waals surface area contributed by atoms with Crippen molar-refractivity contribution in [1.29, 1.82) is 0 Å². The number of para-hydroxylation sites is 1. The molecule has 12 aromatic rings. The van der Waals surface area contributed by atoms with Gasteiger partial charge in [-0.2, -0.15) is 0 Å². The van der Waals surface area contributed by atoms with Gasteiger partial charge >= 0.3 is 0 Å². The molecule has 0 aliphatic rings. The van der Waals surface area contributed by atoms with E-state index in [0.29, 0.717) is 11.3 Å². The summed E-state index contributed by atoms with van der Waals surface area (Å²) in [5.74, 6) is -2.48. The van der Waals surface area contributed by atoms with Crippen LogP contribution in [-0.4, -0.2) is 19.5 Å². The normalized spacial score (nSPS) is 19.0. The van der Waals surface area contributed by atoms with Crippen molar-refractivity contribution in [2.75, 3.05) is 0 Å². The Morgan fingerprint density at radius 1 is 0.404 bits per heavy atom. The molecular weight excluding hydrogens is 733 g/mol. The van der Waals surface area contributed by atoms with E-state index >= 15 is 0 Å². The van der Waals surface area contributed by atoms with E-state index in [1.54, 1.807) is 0 Å². The van der Waals surface area contributed by atoms with Gasteiger partial charge in [0.25, 0.3) is 0 Å². The Labute approximate surface area is 376 Å². The Morgan fingerprint density at radius 2 is 1.00 bits per heavy atom. The summed E-state index contributed by atoms with van der Waals surface area (Å²) in [6.45, 7) is 0. The van der Waals surface area contributed by atoms with Gasteiger partial charge in [0.05, 0.1) is 65.9 Å². The van der Waals surface area contributed by atoms with Crippen LogP contribution < -0.4 is 0 Å². The lowest BCUT2D eigenvalue weighted by atomic mass is 9.98. The fraction of sp³-hybridized carbons (Fsp3) is 0. The first-order valence-electron chi connectivity index (χ1n) is 31.2. The number of thiophene rings is 2. The number of hydrogen-bond acceptors (Lipinski definition) is 5. The molecule has 4 heterocycles. The number of fused-ring (bicyclic) bond motifs is 10. The Morgan fingerprint density at radius 3 is 1.75 bits per heavy atom. The molecule has 0 saturated carbocycles. The zero-order valence-corrected chi connectivity index (χ0v) is 29.8. The monoisotopic (exact) mass is 791 g/mol. The molecule has 0 saturated heterocycles. The summed E-state index contributed by atoms with van der Waals surface area (Å²) in [7, 11) is 0. The van der Waals surface area contributed by atoms with E-state index in [2.05, 4.69) is 15.0 Å². The second kappa shape index (κ2) is 12.8.